The molecule has 1 aromatic carbocycles. The number of carbonyl (C=O) groups excluding carboxylic acids is 2. The van der Waals surface area contributed by atoms with E-state index < -0.39 is 17.7 Å². The molecule has 0 unspecified atom stereocenters. The molecule has 0 spiro atoms. The molecule has 0 aliphatic carbocycles. The van der Waals surface area contributed by atoms with E-state index in [0.717, 1.165) is 5.56 Å². The number of benzene rings is 1. The Morgan fingerprint density at radius 1 is 1.25 bits per heavy atom. The molecule has 0 N–H and O–H groups in total. The van der Waals surface area contributed by atoms with Crippen molar-refractivity contribution in [3.63, 3.8) is 0 Å². The topological polar surface area (TPSA) is 46.6 Å². The van der Waals surface area contributed by atoms with Gasteiger partial charge >= 0.3 is 6.09 Å². The summed E-state index contributed by atoms with van der Waals surface area (Å²) in [6, 6.07) is 8.90. The number of Topliss-reactive ketones (excluding diaryl/α,β-unsaturated/α-hetero) is 1. The Morgan fingerprint density at radius 2 is 1.90 bits per heavy atom. The van der Waals surface area contributed by atoms with E-state index in [1.165, 1.54) is 0 Å². The molecule has 1 atom stereocenters. The van der Waals surface area contributed by atoms with Gasteiger partial charge in [0.15, 0.2) is 5.78 Å². The number of nitrogens with zero attached hydrogens (tertiary/aromatic N) is 1. The van der Waals surface area contributed by atoms with Crippen LogP contribution in [0.2, 0.25) is 0 Å². The minimum Gasteiger partial charge on any atom is -0.444 e. The van der Waals surface area contributed by atoms with Gasteiger partial charge in [0.1, 0.15) is 11.6 Å². The zero-order valence-electron chi connectivity index (χ0n) is 12.3. The monoisotopic (exact) mass is 275 g/mol. The molecule has 20 heavy (non-hydrogen) atoms. The fraction of sp³-hybridized carbons (Fsp3) is 0.500. The summed E-state index contributed by atoms with van der Waals surface area (Å²) in [5.41, 5.74) is 0.293. The van der Waals surface area contributed by atoms with Crippen LogP contribution in [0.25, 0.3) is 0 Å². The van der Waals surface area contributed by atoms with Gasteiger partial charge in [0, 0.05) is 13.0 Å². The van der Waals surface area contributed by atoms with E-state index in [0.29, 0.717) is 19.4 Å². The predicted octanol–water partition coefficient (Wildman–Crippen LogP) is 3.33. The lowest BCUT2D eigenvalue weighted by Crippen LogP contribution is -2.45. The second-order valence-corrected chi connectivity index (χ2v) is 6.06. The van der Waals surface area contributed by atoms with Crippen LogP contribution in [0.3, 0.4) is 0 Å². The average Bonchev–Trinajstić information content (AvgIpc) is 2.37. The molecule has 2 rings (SSSR count). The van der Waals surface area contributed by atoms with E-state index in [9.17, 15) is 9.59 Å². The van der Waals surface area contributed by atoms with E-state index in [-0.39, 0.29) is 5.78 Å². The molecule has 1 saturated heterocycles. The van der Waals surface area contributed by atoms with Gasteiger partial charge in [0.05, 0.1) is 0 Å². The number of hydrogen-bond donors (Lipinski definition) is 0. The van der Waals surface area contributed by atoms with Crippen LogP contribution in [-0.4, -0.2) is 28.9 Å². The largest absolute Gasteiger partial charge is 0.444 e. The molecule has 4 heteroatoms. The van der Waals surface area contributed by atoms with E-state index in [1.807, 2.05) is 51.1 Å². The summed E-state index contributed by atoms with van der Waals surface area (Å²) < 4.78 is 5.41. The molecule has 4 nitrogen and oxygen atoms in total. The van der Waals surface area contributed by atoms with Gasteiger partial charge in [-0.2, -0.15) is 0 Å². The first-order valence-corrected chi connectivity index (χ1v) is 6.96. The third kappa shape index (κ3) is 3.38. The molecular weight excluding hydrogens is 254 g/mol. The maximum Gasteiger partial charge on any atom is 0.411 e. The van der Waals surface area contributed by atoms with Crippen molar-refractivity contribution in [1.29, 1.82) is 0 Å². The summed E-state index contributed by atoms with van der Waals surface area (Å²) in [6.07, 6.45) is 0.791. The highest BCUT2D eigenvalue weighted by Gasteiger charge is 2.36. The number of ether oxygens (including phenoxy) is 1. The number of ketones is 1. The SMILES string of the molecule is CC(C)(C)OC(=O)N1CCCC(=O)[C@H]1c1ccccc1. The third-order valence-corrected chi connectivity index (χ3v) is 3.18. The summed E-state index contributed by atoms with van der Waals surface area (Å²) in [5, 5.41) is 0. The Kier molecular flexibility index (Phi) is 4.12. The van der Waals surface area contributed by atoms with Crippen molar-refractivity contribution in [1.82, 2.24) is 4.90 Å². The molecular formula is C16H21NO3. The van der Waals surface area contributed by atoms with Crippen molar-refractivity contribution in [2.75, 3.05) is 6.54 Å². The zero-order chi connectivity index (χ0) is 14.8. The molecule has 108 valence electrons. The maximum atomic E-state index is 12.3. The lowest BCUT2D eigenvalue weighted by Gasteiger charge is -2.36. The normalized spacial score (nSPS) is 19.9. The lowest BCUT2D eigenvalue weighted by atomic mass is 9.94. The Hall–Kier alpha value is -1.84. The fourth-order valence-electron chi connectivity index (χ4n) is 2.38. The van der Waals surface area contributed by atoms with Crippen molar-refractivity contribution in [3.8, 4) is 0 Å². The van der Waals surface area contributed by atoms with Gasteiger partial charge in [0.2, 0.25) is 0 Å². The quantitative estimate of drug-likeness (QED) is 0.789. The summed E-state index contributed by atoms with van der Waals surface area (Å²) in [7, 11) is 0. The van der Waals surface area contributed by atoms with Crippen LogP contribution in [0.15, 0.2) is 30.3 Å². The molecule has 0 radical (unpaired) electrons. The van der Waals surface area contributed by atoms with Crippen LogP contribution in [0, 0.1) is 0 Å². The molecule has 1 aliphatic heterocycles. The zero-order valence-corrected chi connectivity index (χ0v) is 12.3. The van der Waals surface area contributed by atoms with Gasteiger partial charge in [0.25, 0.3) is 0 Å². The molecule has 0 bridgehead atoms. The van der Waals surface area contributed by atoms with Crippen LogP contribution < -0.4 is 0 Å². The number of likely N-dealkylation sites (tertiary alicyclic amines) is 1. The maximum absolute atomic E-state index is 12.3. The van der Waals surface area contributed by atoms with Crippen LogP contribution >= 0.6 is 0 Å². The number of piperidine rings is 1. The molecule has 0 saturated carbocycles. The molecule has 1 amide bonds. The van der Waals surface area contributed by atoms with Crippen molar-refractivity contribution in [2.24, 2.45) is 0 Å². The first-order chi connectivity index (χ1) is 9.38. The number of carbonyl (C=O) groups is 2. The minimum atomic E-state index is -0.557. The van der Waals surface area contributed by atoms with Crippen molar-refractivity contribution < 1.29 is 14.3 Å². The van der Waals surface area contributed by atoms with E-state index >= 15 is 0 Å². The van der Waals surface area contributed by atoms with Gasteiger partial charge in [-0.3, -0.25) is 9.69 Å². The molecule has 1 aliphatic rings. The average molecular weight is 275 g/mol. The second-order valence-electron chi connectivity index (χ2n) is 6.06. The van der Waals surface area contributed by atoms with Gasteiger partial charge in [-0.05, 0) is 32.8 Å². The van der Waals surface area contributed by atoms with Crippen molar-refractivity contribution in [2.45, 2.75) is 45.3 Å². The Morgan fingerprint density at radius 3 is 2.50 bits per heavy atom. The van der Waals surface area contributed by atoms with Gasteiger partial charge in [-0.25, -0.2) is 4.79 Å². The van der Waals surface area contributed by atoms with Crippen molar-refractivity contribution in [3.05, 3.63) is 35.9 Å². The third-order valence-electron chi connectivity index (χ3n) is 3.18. The summed E-state index contributed by atoms with van der Waals surface area (Å²) in [4.78, 5) is 26.1. The Balaban J connectivity index is 2.25. The molecule has 1 heterocycles. The number of amides is 1. The first kappa shape index (κ1) is 14.6. The summed E-state index contributed by atoms with van der Waals surface area (Å²) >= 11 is 0. The van der Waals surface area contributed by atoms with Crippen molar-refractivity contribution >= 4 is 11.9 Å². The highest BCUT2D eigenvalue weighted by molar-refractivity contribution is 5.89. The van der Waals surface area contributed by atoms with E-state index in [2.05, 4.69) is 0 Å². The van der Waals surface area contributed by atoms with Crippen LogP contribution in [0.1, 0.15) is 45.2 Å². The second kappa shape index (κ2) is 5.65. The highest BCUT2D eigenvalue weighted by Crippen LogP contribution is 2.29. The lowest BCUT2D eigenvalue weighted by molar-refractivity contribution is -0.127. The summed E-state index contributed by atoms with van der Waals surface area (Å²) in [5.74, 6) is 0.0771. The van der Waals surface area contributed by atoms with E-state index in [1.54, 1.807) is 4.90 Å². The minimum absolute atomic E-state index is 0.0771. The van der Waals surface area contributed by atoms with Crippen LogP contribution in [0.4, 0.5) is 4.79 Å². The van der Waals surface area contributed by atoms with Crippen LogP contribution in [-0.2, 0) is 9.53 Å². The Labute approximate surface area is 119 Å². The Bertz CT molecular complexity index is 490. The van der Waals surface area contributed by atoms with Gasteiger partial charge in [-0.1, -0.05) is 30.3 Å². The fourth-order valence-corrected chi connectivity index (χ4v) is 2.38. The smallest absolute Gasteiger partial charge is 0.411 e. The van der Waals surface area contributed by atoms with E-state index in [4.69, 9.17) is 4.74 Å². The van der Waals surface area contributed by atoms with Gasteiger partial charge in [-0.15, -0.1) is 0 Å². The molecule has 0 aromatic heterocycles. The number of rotatable bonds is 1. The standard InChI is InChI=1S/C16H21NO3/c1-16(2,3)20-15(19)17-11-7-10-13(18)14(17)12-8-5-4-6-9-12/h4-6,8-9,14H,7,10-11H2,1-3H3/t14-/m1/s1. The number of hydrogen-bond acceptors (Lipinski definition) is 3. The van der Waals surface area contributed by atoms with Crippen LogP contribution in [0.5, 0.6) is 0 Å². The summed E-state index contributed by atoms with van der Waals surface area (Å²) in [6.45, 7) is 6.04. The highest BCUT2D eigenvalue weighted by atomic mass is 16.6. The molecule has 1 fully saturated rings. The van der Waals surface area contributed by atoms with Gasteiger partial charge < -0.3 is 4.74 Å². The molecule has 1 aromatic rings. The first-order valence-electron chi connectivity index (χ1n) is 6.96. The predicted molar refractivity (Wildman–Crippen MR) is 76.4 cm³/mol.